The predicted molar refractivity (Wildman–Crippen MR) is 59.1 cm³/mol. The molecule has 1 aromatic rings. The van der Waals surface area contributed by atoms with E-state index in [-0.39, 0.29) is 11.5 Å². The van der Waals surface area contributed by atoms with Crippen LogP contribution in [0.3, 0.4) is 0 Å². The molecule has 1 aliphatic rings. The zero-order valence-electron chi connectivity index (χ0n) is 8.67. The number of nitrogens with zero attached hydrogens (tertiary/aromatic N) is 1. The van der Waals surface area contributed by atoms with Crippen LogP contribution in [-0.4, -0.2) is 22.1 Å². The second kappa shape index (κ2) is 4.23. The molecular formula is C10H12BNO4. The summed E-state index contributed by atoms with van der Waals surface area (Å²) in [4.78, 5) is 10.2. The van der Waals surface area contributed by atoms with Crippen molar-refractivity contribution in [3.63, 3.8) is 0 Å². The van der Waals surface area contributed by atoms with Gasteiger partial charge in [-0.15, -0.1) is 0 Å². The van der Waals surface area contributed by atoms with E-state index in [9.17, 15) is 10.1 Å². The lowest BCUT2D eigenvalue weighted by molar-refractivity contribution is -0.384. The molecule has 1 aromatic carbocycles. The molecule has 5 nitrogen and oxygen atoms in total. The molecule has 1 atom stereocenters. The van der Waals surface area contributed by atoms with Gasteiger partial charge in [0, 0.05) is 12.1 Å². The van der Waals surface area contributed by atoms with Crippen molar-refractivity contribution in [2.45, 2.75) is 25.1 Å². The highest BCUT2D eigenvalue weighted by Crippen LogP contribution is 2.32. The molecule has 0 unspecified atom stereocenters. The zero-order valence-corrected chi connectivity index (χ0v) is 8.67. The summed E-state index contributed by atoms with van der Waals surface area (Å²) >= 11 is 0. The zero-order chi connectivity index (χ0) is 11.7. The molecule has 16 heavy (non-hydrogen) atoms. The fourth-order valence-corrected chi connectivity index (χ4v) is 2.14. The molecular weight excluding hydrogens is 209 g/mol. The molecule has 1 aliphatic carbocycles. The van der Waals surface area contributed by atoms with E-state index in [2.05, 4.69) is 0 Å². The molecule has 0 spiro atoms. The first-order valence-electron chi connectivity index (χ1n) is 5.20. The Hall–Kier alpha value is -1.40. The van der Waals surface area contributed by atoms with E-state index in [1.54, 1.807) is 6.07 Å². The Morgan fingerprint density at radius 3 is 2.75 bits per heavy atom. The molecule has 0 aromatic heterocycles. The van der Waals surface area contributed by atoms with Crippen molar-refractivity contribution in [2.75, 3.05) is 0 Å². The molecule has 0 amide bonds. The summed E-state index contributed by atoms with van der Waals surface area (Å²) in [6.45, 7) is 0. The largest absolute Gasteiger partial charge is 0.455 e. The Morgan fingerprint density at radius 2 is 2.12 bits per heavy atom. The topological polar surface area (TPSA) is 83.6 Å². The van der Waals surface area contributed by atoms with Crippen molar-refractivity contribution in [3.8, 4) is 0 Å². The Labute approximate surface area is 93.0 Å². The van der Waals surface area contributed by atoms with Crippen molar-refractivity contribution >= 4 is 12.8 Å². The molecule has 0 radical (unpaired) electrons. The lowest BCUT2D eigenvalue weighted by Crippen LogP contribution is -2.25. The minimum Gasteiger partial charge on any atom is -0.427 e. The van der Waals surface area contributed by atoms with Gasteiger partial charge in [-0.3, -0.25) is 10.1 Å². The summed E-state index contributed by atoms with van der Waals surface area (Å²) in [5.74, 6) is -0.213. The van der Waals surface area contributed by atoms with Gasteiger partial charge in [-0.05, 0) is 36.2 Å². The molecule has 0 bridgehead atoms. The van der Waals surface area contributed by atoms with Crippen LogP contribution >= 0.6 is 0 Å². The minimum atomic E-state index is -1.34. The van der Waals surface area contributed by atoms with E-state index in [0.717, 1.165) is 17.5 Å². The number of fused-ring (bicyclic) bond motifs is 1. The van der Waals surface area contributed by atoms with Gasteiger partial charge >= 0.3 is 7.12 Å². The molecule has 84 valence electrons. The van der Waals surface area contributed by atoms with Crippen LogP contribution in [0.1, 0.15) is 17.5 Å². The fourth-order valence-electron chi connectivity index (χ4n) is 2.14. The van der Waals surface area contributed by atoms with Crippen molar-refractivity contribution in [1.29, 1.82) is 0 Å². The van der Waals surface area contributed by atoms with Crippen LogP contribution < -0.4 is 0 Å². The Bertz CT molecular complexity index is 421. The lowest BCUT2D eigenvalue weighted by atomic mass is 9.64. The van der Waals surface area contributed by atoms with E-state index in [0.29, 0.717) is 12.8 Å². The minimum absolute atomic E-state index is 0.0619. The average molecular weight is 221 g/mol. The third-order valence-electron chi connectivity index (χ3n) is 3.09. The summed E-state index contributed by atoms with van der Waals surface area (Å²) in [5.41, 5.74) is 1.99. The van der Waals surface area contributed by atoms with E-state index >= 15 is 0 Å². The van der Waals surface area contributed by atoms with Crippen molar-refractivity contribution in [2.24, 2.45) is 0 Å². The van der Waals surface area contributed by atoms with Crippen LogP contribution in [0, 0.1) is 10.1 Å². The summed E-state index contributed by atoms with van der Waals surface area (Å²) in [6, 6.07) is 4.78. The average Bonchev–Trinajstić information content (AvgIpc) is 2.27. The molecule has 2 N–H and O–H groups in total. The summed E-state index contributed by atoms with van der Waals surface area (Å²) in [7, 11) is -1.34. The van der Waals surface area contributed by atoms with Gasteiger partial charge < -0.3 is 10.0 Å². The number of rotatable bonds is 2. The number of hydrogen-bond donors (Lipinski definition) is 2. The van der Waals surface area contributed by atoms with Crippen molar-refractivity contribution in [3.05, 3.63) is 39.4 Å². The number of aryl methyl sites for hydroxylation is 1. The molecule has 0 saturated heterocycles. The standard InChI is InChI=1S/C10H12BNO4/c13-11(14)9-3-1-7-2-4-10(12(15)16)6-8(7)5-9/h2,4,6,9,13-14H,1,3,5H2/t9-/m0/s1. The molecule has 0 aliphatic heterocycles. The maximum atomic E-state index is 10.6. The normalized spacial score (nSPS) is 19.0. The predicted octanol–water partition coefficient (Wildman–Crippen LogP) is 0.926. The molecule has 2 rings (SSSR count). The number of nitro benzene ring substituents is 1. The van der Waals surface area contributed by atoms with Gasteiger partial charge in [-0.25, -0.2) is 0 Å². The highest BCUT2D eigenvalue weighted by molar-refractivity contribution is 6.43. The first-order chi connectivity index (χ1) is 7.58. The molecule has 0 heterocycles. The molecule has 0 fully saturated rings. The van der Waals surface area contributed by atoms with Gasteiger partial charge in [0.15, 0.2) is 0 Å². The van der Waals surface area contributed by atoms with Crippen molar-refractivity contribution in [1.82, 2.24) is 0 Å². The molecule has 0 saturated carbocycles. The van der Waals surface area contributed by atoms with Gasteiger partial charge in [0.05, 0.1) is 4.92 Å². The summed E-state index contributed by atoms with van der Waals surface area (Å²) in [5, 5.41) is 28.8. The van der Waals surface area contributed by atoms with E-state index in [4.69, 9.17) is 10.0 Å². The van der Waals surface area contributed by atoms with Gasteiger partial charge in [0.1, 0.15) is 0 Å². The van der Waals surface area contributed by atoms with Gasteiger partial charge in [0.25, 0.3) is 5.69 Å². The van der Waals surface area contributed by atoms with Crippen LogP contribution in [-0.2, 0) is 12.8 Å². The first-order valence-corrected chi connectivity index (χ1v) is 5.20. The Kier molecular flexibility index (Phi) is 2.94. The maximum absolute atomic E-state index is 10.6. The molecule has 6 heteroatoms. The highest BCUT2D eigenvalue weighted by atomic mass is 16.6. The Balaban J connectivity index is 2.28. The van der Waals surface area contributed by atoms with Crippen LogP contribution in [0.5, 0.6) is 0 Å². The van der Waals surface area contributed by atoms with E-state index < -0.39 is 12.0 Å². The number of benzene rings is 1. The number of non-ortho nitro benzene ring substituents is 1. The van der Waals surface area contributed by atoms with Gasteiger partial charge in [-0.2, -0.15) is 0 Å². The van der Waals surface area contributed by atoms with E-state index in [1.165, 1.54) is 12.1 Å². The SMILES string of the molecule is O=[N+]([O-])c1ccc2c(c1)C[C@@H](B(O)O)CC2. The second-order valence-electron chi connectivity index (χ2n) is 4.13. The third-order valence-corrected chi connectivity index (χ3v) is 3.09. The number of nitro groups is 1. The van der Waals surface area contributed by atoms with Gasteiger partial charge in [-0.1, -0.05) is 6.07 Å². The van der Waals surface area contributed by atoms with Crippen LogP contribution in [0.4, 0.5) is 5.69 Å². The van der Waals surface area contributed by atoms with Crippen LogP contribution in [0.25, 0.3) is 0 Å². The Morgan fingerprint density at radius 1 is 1.38 bits per heavy atom. The smallest absolute Gasteiger partial charge is 0.427 e. The van der Waals surface area contributed by atoms with Crippen LogP contribution in [0.2, 0.25) is 5.82 Å². The number of hydrogen-bond acceptors (Lipinski definition) is 4. The fraction of sp³-hybridized carbons (Fsp3) is 0.400. The summed E-state index contributed by atoms with van der Waals surface area (Å²) in [6.07, 6.45) is 1.95. The quantitative estimate of drug-likeness (QED) is 0.442. The van der Waals surface area contributed by atoms with Crippen molar-refractivity contribution < 1.29 is 15.0 Å². The lowest BCUT2D eigenvalue weighted by Gasteiger charge is -2.23. The highest BCUT2D eigenvalue weighted by Gasteiger charge is 2.28. The monoisotopic (exact) mass is 221 g/mol. The maximum Gasteiger partial charge on any atom is 0.455 e. The third kappa shape index (κ3) is 2.07. The van der Waals surface area contributed by atoms with E-state index in [1.807, 2.05) is 0 Å². The van der Waals surface area contributed by atoms with Crippen LogP contribution in [0.15, 0.2) is 18.2 Å². The van der Waals surface area contributed by atoms with Gasteiger partial charge in [0.2, 0.25) is 0 Å². The summed E-state index contributed by atoms with van der Waals surface area (Å²) < 4.78 is 0. The first kappa shape index (κ1) is 11.1. The second-order valence-corrected chi connectivity index (χ2v) is 4.13.